The highest BCUT2D eigenvalue weighted by Crippen LogP contribution is 2.51. The summed E-state index contributed by atoms with van der Waals surface area (Å²) in [5.74, 6) is 0. The fourth-order valence-corrected chi connectivity index (χ4v) is 4.62. The molecule has 3 aromatic rings. The van der Waals surface area contributed by atoms with E-state index in [1.54, 1.807) is 40.1 Å². The molecule has 5 rings (SSSR count). The Morgan fingerprint density at radius 2 is 1.56 bits per heavy atom. The number of anilines is 2. The molecule has 1 unspecified atom stereocenters. The molecular weight excluding hydrogens is 400 g/mol. The first-order valence-corrected chi connectivity index (χ1v) is 10.4. The first-order chi connectivity index (χ1) is 15.6. The van der Waals surface area contributed by atoms with Crippen LogP contribution >= 0.6 is 0 Å². The summed E-state index contributed by atoms with van der Waals surface area (Å²) >= 11 is 0. The number of hydrogen-bond donors (Lipinski definition) is 0. The van der Waals surface area contributed by atoms with Crippen LogP contribution in [0.5, 0.6) is 0 Å². The molecule has 0 saturated carbocycles. The normalized spacial score (nSPS) is 18.8. The quantitative estimate of drug-likeness (QED) is 0.615. The smallest absolute Gasteiger partial charge is 0.330 e. The molecular formula is C26H20N4O2. The van der Waals surface area contributed by atoms with Gasteiger partial charge in [0.15, 0.2) is 0 Å². The minimum absolute atomic E-state index is 0.158. The fraction of sp³-hybridized carbons (Fsp3) is 0.192. The van der Waals surface area contributed by atoms with Crippen LogP contribution in [-0.2, 0) is 4.74 Å². The van der Waals surface area contributed by atoms with Gasteiger partial charge in [-0.3, -0.25) is 9.80 Å². The Hall–Kier alpha value is -4.13. The monoisotopic (exact) mass is 420 g/mol. The van der Waals surface area contributed by atoms with Crippen LogP contribution in [0.25, 0.3) is 0 Å². The summed E-state index contributed by atoms with van der Waals surface area (Å²) in [6.07, 6.45) is 0. The van der Waals surface area contributed by atoms with E-state index in [-0.39, 0.29) is 12.1 Å². The summed E-state index contributed by atoms with van der Waals surface area (Å²) < 4.78 is 5.68. The number of amides is 2. The van der Waals surface area contributed by atoms with E-state index in [0.717, 1.165) is 16.8 Å². The highest BCUT2D eigenvalue weighted by Gasteiger charge is 2.63. The molecule has 3 aromatic carbocycles. The summed E-state index contributed by atoms with van der Waals surface area (Å²) in [6, 6.07) is 26.2. The Morgan fingerprint density at radius 3 is 2.16 bits per heavy atom. The molecule has 2 aliphatic rings. The molecule has 1 spiro atoms. The van der Waals surface area contributed by atoms with Crippen molar-refractivity contribution < 1.29 is 9.53 Å². The molecule has 2 amide bonds. The lowest BCUT2D eigenvalue weighted by molar-refractivity contribution is -0.0580. The summed E-state index contributed by atoms with van der Waals surface area (Å²) in [6.45, 7) is 2.76. The Balaban J connectivity index is 1.70. The van der Waals surface area contributed by atoms with Crippen molar-refractivity contribution in [3.8, 4) is 12.1 Å². The van der Waals surface area contributed by atoms with E-state index >= 15 is 0 Å². The molecule has 0 aliphatic carbocycles. The number of urea groups is 1. The van der Waals surface area contributed by atoms with E-state index in [1.807, 2.05) is 49.4 Å². The van der Waals surface area contributed by atoms with Crippen molar-refractivity contribution in [1.82, 2.24) is 0 Å². The van der Waals surface area contributed by atoms with Crippen LogP contribution in [0.15, 0.2) is 72.8 Å². The zero-order valence-corrected chi connectivity index (χ0v) is 17.5. The van der Waals surface area contributed by atoms with Gasteiger partial charge in [0, 0.05) is 11.4 Å². The molecule has 6 nitrogen and oxygen atoms in total. The van der Waals surface area contributed by atoms with E-state index < -0.39 is 5.54 Å². The lowest BCUT2D eigenvalue weighted by Crippen LogP contribution is -2.62. The summed E-state index contributed by atoms with van der Waals surface area (Å²) in [7, 11) is 0. The maximum atomic E-state index is 14.0. The third-order valence-corrected chi connectivity index (χ3v) is 6.21. The number of ether oxygens (including phenoxy) is 1. The van der Waals surface area contributed by atoms with E-state index in [2.05, 4.69) is 12.1 Å². The molecule has 2 heterocycles. The molecule has 6 heteroatoms. The third kappa shape index (κ3) is 2.93. The number of carbonyl (C=O) groups excluding carboxylic acids is 1. The topological polar surface area (TPSA) is 80.4 Å². The van der Waals surface area contributed by atoms with E-state index in [1.165, 1.54) is 0 Å². The van der Waals surface area contributed by atoms with Crippen molar-refractivity contribution in [2.75, 3.05) is 23.0 Å². The Labute approximate surface area is 186 Å². The Bertz CT molecular complexity index is 1260. The average molecular weight is 420 g/mol. The van der Waals surface area contributed by atoms with Crippen LogP contribution in [0, 0.1) is 29.6 Å². The van der Waals surface area contributed by atoms with Gasteiger partial charge in [-0.15, -0.1) is 0 Å². The second-order valence-corrected chi connectivity index (χ2v) is 8.22. The largest absolute Gasteiger partial charge is 0.376 e. The van der Waals surface area contributed by atoms with Gasteiger partial charge in [0.25, 0.3) is 0 Å². The van der Waals surface area contributed by atoms with Crippen molar-refractivity contribution in [1.29, 1.82) is 10.5 Å². The Kier molecular flexibility index (Phi) is 4.66. The SMILES string of the molecule is Cc1ccc(N2C(=O)N(c3ccc(C#N)cc3)C3(COC3)C2c2cccc(C#N)c2)cc1. The van der Waals surface area contributed by atoms with E-state index in [0.29, 0.717) is 30.0 Å². The second kappa shape index (κ2) is 7.53. The van der Waals surface area contributed by atoms with Gasteiger partial charge in [0.2, 0.25) is 0 Å². The second-order valence-electron chi connectivity index (χ2n) is 8.22. The molecule has 2 fully saturated rings. The predicted molar refractivity (Wildman–Crippen MR) is 120 cm³/mol. The maximum Gasteiger partial charge on any atom is 0.330 e. The molecule has 1 atom stereocenters. The number of nitrogens with zero attached hydrogens (tertiary/aromatic N) is 4. The lowest BCUT2D eigenvalue weighted by atomic mass is 9.82. The van der Waals surface area contributed by atoms with Crippen LogP contribution in [0.2, 0.25) is 0 Å². The van der Waals surface area contributed by atoms with Gasteiger partial charge in [0.1, 0.15) is 5.54 Å². The highest BCUT2D eigenvalue weighted by molar-refractivity contribution is 6.09. The molecule has 0 radical (unpaired) electrons. The Morgan fingerprint density at radius 1 is 0.906 bits per heavy atom. The van der Waals surface area contributed by atoms with Gasteiger partial charge >= 0.3 is 6.03 Å². The minimum atomic E-state index is -0.621. The van der Waals surface area contributed by atoms with Crippen LogP contribution in [-0.4, -0.2) is 24.8 Å². The van der Waals surface area contributed by atoms with E-state index in [4.69, 9.17) is 4.74 Å². The van der Waals surface area contributed by atoms with Gasteiger partial charge < -0.3 is 4.74 Å². The first-order valence-electron chi connectivity index (χ1n) is 10.4. The molecule has 2 saturated heterocycles. The molecule has 0 N–H and O–H groups in total. The summed E-state index contributed by atoms with van der Waals surface area (Å²) in [5.41, 5.74) is 3.96. The van der Waals surface area contributed by atoms with Crippen molar-refractivity contribution in [2.45, 2.75) is 18.5 Å². The number of carbonyl (C=O) groups is 1. The van der Waals surface area contributed by atoms with Gasteiger partial charge in [0.05, 0.1) is 42.5 Å². The van der Waals surface area contributed by atoms with Crippen LogP contribution < -0.4 is 9.80 Å². The standard InChI is InChI=1S/C26H20N4O2/c1-18-5-9-22(10-6-18)29-24(21-4-2-3-20(13-21)15-28)26(16-32-17-26)30(25(29)31)23-11-7-19(14-27)8-12-23/h2-13,24H,16-17H2,1H3. The summed E-state index contributed by atoms with van der Waals surface area (Å²) in [5, 5.41) is 18.6. The number of nitriles is 2. The van der Waals surface area contributed by atoms with Crippen molar-refractivity contribution in [3.05, 3.63) is 95.1 Å². The zero-order valence-electron chi connectivity index (χ0n) is 17.5. The molecule has 2 aliphatic heterocycles. The van der Waals surface area contributed by atoms with Crippen LogP contribution in [0.1, 0.15) is 28.3 Å². The molecule has 156 valence electrons. The first kappa shape index (κ1) is 19.8. The molecule has 0 aromatic heterocycles. The number of benzene rings is 3. The fourth-order valence-electron chi connectivity index (χ4n) is 4.62. The summed E-state index contributed by atoms with van der Waals surface area (Å²) in [4.78, 5) is 17.6. The van der Waals surface area contributed by atoms with Gasteiger partial charge in [-0.2, -0.15) is 10.5 Å². The predicted octanol–water partition coefficient (Wildman–Crippen LogP) is 4.70. The van der Waals surface area contributed by atoms with Crippen LogP contribution in [0.4, 0.5) is 16.2 Å². The average Bonchev–Trinajstić information content (AvgIpc) is 3.09. The van der Waals surface area contributed by atoms with Gasteiger partial charge in [-0.1, -0.05) is 29.8 Å². The third-order valence-electron chi connectivity index (χ3n) is 6.21. The van der Waals surface area contributed by atoms with Crippen molar-refractivity contribution >= 4 is 17.4 Å². The maximum absolute atomic E-state index is 14.0. The van der Waals surface area contributed by atoms with E-state index in [9.17, 15) is 15.3 Å². The van der Waals surface area contributed by atoms with Crippen LogP contribution in [0.3, 0.4) is 0 Å². The van der Waals surface area contributed by atoms with Gasteiger partial charge in [-0.25, -0.2) is 4.79 Å². The zero-order chi connectivity index (χ0) is 22.3. The molecule has 0 bridgehead atoms. The number of aryl methyl sites for hydroxylation is 1. The van der Waals surface area contributed by atoms with Crippen molar-refractivity contribution in [2.24, 2.45) is 0 Å². The lowest BCUT2D eigenvalue weighted by Gasteiger charge is -2.47. The highest BCUT2D eigenvalue weighted by atomic mass is 16.5. The minimum Gasteiger partial charge on any atom is -0.376 e. The number of rotatable bonds is 3. The molecule has 32 heavy (non-hydrogen) atoms. The van der Waals surface area contributed by atoms with Crippen molar-refractivity contribution in [3.63, 3.8) is 0 Å². The van der Waals surface area contributed by atoms with Gasteiger partial charge in [-0.05, 0) is 61.0 Å². The number of hydrogen-bond acceptors (Lipinski definition) is 4.